The first-order chi connectivity index (χ1) is 9.56. The zero-order valence-corrected chi connectivity index (χ0v) is 14.0. The van der Waals surface area contributed by atoms with Crippen LogP contribution in [0.5, 0.6) is 0 Å². The van der Waals surface area contributed by atoms with Gasteiger partial charge in [0.25, 0.3) is 0 Å². The second-order valence-corrected chi connectivity index (χ2v) is 6.78. The van der Waals surface area contributed by atoms with Crippen molar-refractivity contribution in [1.82, 2.24) is 9.80 Å². The van der Waals surface area contributed by atoms with Crippen molar-refractivity contribution in [3.8, 4) is 0 Å². The molecule has 1 heterocycles. The van der Waals surface area contributed by atoms with Crippen LogP contribution in [-0.2, 0) is 0 Å². The van der Waals surface area contributed by atoms with Gasteiger partial charge in [-0.3, -0.25) is 4.90 Å². The maximum Gasteiger partial charge on any atom is 0.0802 e. The third-order valence-electron chi connectivity index (χ3n) is 4.11. The van der Waals surface area contributed by atoms with E-state index in [2.05, 4.69) is 39.7 Å². The third kappa shape index (κ3) is 4.55. The molecular weight excluding hydrogens is 316 g/mol. The van der Waals surface area contributed by atoms with E-state index in [0.29, 0.717) is 6.04 Å². The summed E-state index contributed by atoms with van der Waals surface area (Å²) in [5.74, 6) is 0. The first-order valence-corrected chi connectivity index (χ1v) is 8.21. The molecule has 0 aromatic heterocycles. The van der Waals surface area contributed by atoms with Gasteiger partial charge in [0.15, 0.2) is 0 Å². The van der Waals surface area contributed by atoms with E-state index in [0.717, 1.165) is 36.1 Å². The highest BCUT2D eigenvalue weighted by molar-refractivity contribution is 9.10. The quantitative estimate of drug-likeness (QED) is 0.912. The maximum absolute atomic E-state index is 10.3. The lowest BCUT2D eigenvalue weighted by atomic mass is 10.1. The van der Waals surface area contributed by atoms with Gasteiger partial charge in [-0.25, -0.2) is 0 Å². The molecule has 0 saturated carbocycles. The van der Waals surface area contributed by atoms with Crippen molar-refractivity contribution in [3.05, 3.63) is 34.3 Å². The van der Waals surface area contributed by atoms with Gasteiger partial charge < -0.3 is 10.0 Å². The summed E-state index contributed by atoms with van der Waals surface area (Å²) in [6.45, 7) is 6.68. The van der Waals surface area contributed by atoms with Gasteiger partial charge in [-0.1, -0.05) is 28.1 Å². The fourth-order valence-electron chi connectivity index (χ4n) is 2.92. The predicted octanol–water partition coefficient (Wildman–Crippen LogP) is 2.90. The highest BCUT2D eigenvalue weighted by Gasteiger charge is 2.20. The van der Waals surface area contributed by atoms with E-state index in [-0.39, 0.29) is 6.10 Å². The zero-order chi connectivity index (χ0) is 14.5. The Morgan fingerprint density at radius 1 is 1.40 bits per heavy atom. The minimum absolute atomic E-state index is 0.374. The van der Waals surface area contributed by atoms with Gasteiger partial charge in [0.1, 0.15) is 0 Å². The Balaban J connectivity index is 1.87. The molecule has 1 aliphatic rings. The van der Waals surface area contributed by atoms with Crippen LogP contribution in [0.25, 0.3) is 0 Å². The molecule has 0 radical (unpaired) electrons. The molecule has 0 amide bonds. The monoisotopic (exact) mass is 340 g/mol. The van der Waals surface area contributed by atoms with Gasteiger partial charge >= 0.3 is 0 Å². The van der Waals surface area contributed by atoms with E-state index in [4.69, 9.17) is 0 Å². The molecule has 3 nitrogen and oxygen atoms in total. The van der Waals surface area contributed by atoms with E-state index < -0.39 is 0 Å². The van der Waals surface area contributed by atoms with Gasteiger partial charge in [0.2, 0.25) is 0 Å². The van der Waals surface area contributed by atoms with E-state index >= 15 is 0 Å². The summed E-state index contributed by atoms with van der Waals surface area (Å²) in [6, 6.07) is 8.53. The van der Waals surface area contributed by atoms with Crippen molar-refractivity contribution >= 4 is 15.9 Å². The summed E-state index contributed by atoms with van der Waals surface area (Å²) in [6.07, 6.45) is 1.64. The number of nitrogens with zero attached hydrogens (tertiary/aromatic N) is 2. The average molecular weight is 341 g/mol. The SMILES string of the molecule is CC1CN(C)CCCN1CCC(O)c1cccc(Br)c1. The minimum Gasteiger partial charge on any atom is -0.388 e. The first-order valence-electron chi connectivity index (χ1n) is 7.42. The summed E-state index contributed by atoms with van der Waals surface area (Å²) < 4.78 is 1.03. The lowest BCUT2D eigenvalue weighted by molar-refractivity contribution is 0.127. The second-order valence-electron chi connectivity index (χ2n) is 5.86. The number of benzene rings is 1. The molecule has 0 aliphatic carbocycles. The Morgan fingerprint density at radius 2 is 2.20 bits per heavy atom. The highest BCUT2D eigenvalue weighted by atomic mass is 79.9. The number of rotatable bonds is 4. The fraction of sp³-hybridized carbons (Fsp3) is 0.625. The van der Waals surface area contributed by atoms with Crippen molar-refractivity contribution in [1.29, 1.82) is 0 Å². The van der Waals surface area contributed by atoms with Crippen LogP contribution in [-0.4, -0.2) is 54.2 Å². The van der Waals surface area contributed by atoms with Crippen LogP contribution in [0.3, 0.4) is 0 Å². The molecule has 1 aromatic carbocycles. The molecule has 1 fully saturated rings. The van der Waals surface area contributed by atoms with E-state index in [1.165, 1.54) is 13.0 Å². The van der Waals surface area contributed by atoms with Crippen molar-refractivity contribution in [3.63, 3.8) is 0 Å². The summed E-state index contributed by atoms with van der Waals surface area (Å²) in [5.41, 5.74) is 0.999. The number of aliphatic hydroxyl groups is 1. The Morgan fingerprint density at radius 3 is 2.95 bits per heavy atom. The Hall–Kier alpha value is -0.420. The van der Waals surface area contributed by atoms with Crippen molar-refractivity contribution < 1.29 is 5.11 Å². The number of halogens is 1. The number of hydrogen-bond donors (Lipinski definition) is 1. The van der Waals surface area contributed by atoms with E-state index in [9.17, 15) is 5.11 Å². The van der Waals surface area contributed by atoms with Gasteiger partial charge in [-0.05, 0) is 57.6 Å². The summed E-state index contributed by atoms with van der Waals surface area (Å²) in [5, 5.41) is 10.3. The van der Waals surface area contributed by atoms with Gasteiger partial charge in [-0.15, -0.1) is 0 Å². The third-order valence-corrected chi connectivity index (χ3v) is 4.60. The molecule has 0 spiro atoms. The Bertz CT molecular complexity index is 427. The summed E-state index contributed by atoms with van der Waals surface area (Å²) in [7, 11) is 2.19. The van der Waals surface area contributed by atoms with Gasteiger partial charge in [0.05, 0.1) is 6.10 Å². The maximum atomic E-state index is 10.3. The summed E-state index contributed by atoms with van der Waals surface area (Å²) >= 11 is 3.46. The molecule has 1 aromatic rings. The second kappa shape index (κ2) is 7.55. The minimum atomic E-state index is -0.374. The van der Waals surface area contributed by atoms with Gasteiger partial charge in [-0.2, -0.15) is 0 Å². The van der Waals surface area contributed by atoms with Crippen molar-refractivity contribution in [2.24, 2.45) is 0 Å². The van der Waals surface area contributed by atoms with Crippen LogP contribution in [0.1, 0.15) is 31.4 Å². The zero-order valence-electron chi connectivity index (χ0n) is 12.4. The lowest BCUT2D eigenvalue weighted by Crippen LogP contribution is -2.38. The van der Waals surface area contributed by atoms with E-state index in [1.807, 2.05) is 24.3 Å². The highest BCUT2D eigenvalue weighted by Crippen LogP contribution is 2.21. The molecule has 1 N–H and O–H groups in total. The van der Waals surface area contributed by atoms with Crippen LogP contribution < -0.4 is 0 Å². The normalized spacial score (nSPS) is 23.5. The summed E-state index contributed by atoms with van der Waals surface area (Å²) in [4.78, 5) is 4.90. The average Bonchev–Trinajstić information content (AvgIpc) is 2.57. The largest absolute Gasteiger partial charge is 0.388 e. The van der Waals surface area contributed by atoms with Crippen LogP contribution >= 0.6 is 15.9 Å². The van der Waals surface area contributed by atoms with Crippen LogP contribution in [0, 0.1) is 0 Å². The predicted molar refractivity (Wildman–Crippen MR) is 86.9 cm³/mol. The molecule has 2 atom stereocenters. The van der Waals surface area contributed by atoms with Crippen LogP contribution in [0.2, 0.25) is 0 Å². The smallest absolute Gasteiger partial charge is 0.0802 e. The number of hydrogen-bond acceptors (Lipinski definition) is 3. The number of aliphatic hydroxyl groups excluding tert-OH is 1. The molecule has 2 rings (SSSR count). The molecule has 1 saturated heterocycles. The lowest BCUT2D eigenvalue weighted by Gasteiger charge is -2.28. The Kier molecular flexibility index (Phi) is 6.02. The van der Waals surface area contributed by atoms with Crippen LogP contribution in [0.4, 0.5) is 0 Å². The first kappa shape index (κ1) is 16.0. The fourth-order valence-corrected chi connectivity index (χ4v) is 3.34. The molecular formula is C16H25BrN2O. The molecule has 0 bridgehead atoms. The molecule has 20 heavy (non-hydrogen) atoms. The molecule has 112 valence electrons. The molecule has 1 aliphatic heterocycles. The van der Waals surface area contributed by atoms with Crippen LogP contribution in [0.15, 0.2) is 28.7 Å². The van der Waals surface area contributed by atoms with Crippen molar-refractivity contribution in [2.75, 3.05) is 33.2 Å². The van der Waals surface area contributed by atoms with Gasteiger partial charge in [0, 0.05) is 23.6 Å². The molecule has 4 heteroatoms. The van der Waals surface area contributed by atoms with E-state index in [1.54, 1.807) is 0 Å². The van der Waals surface area contributed by atoms with Crippen molar-refractivity contribution in [2.45, 2.75) is 31.9 Å². The standard InChI is InChI=1S/C16H25BrN2O/c1-13-12-18(2)8-4-9-19(13)10-7-16(20)14-5-3-6-15(17)11-14/h3,5-6,11,13,16,20H,4,7-10,12H2,1-2H3. The number of likely N-dealkylation sites (N-methyl/N-ethyl adjacent to an activating group) is 1. The Labute approximate surface area is 130 Å². The molecule has 2 unspecified atom stereocenters. The topological polar surface area (TPSA) is 26.7 Å².